The average molecular weight is 487 g/mol. The van der Waals surface area contributed by atoms with Crippen LogP contribution in [0.1, 0.15) is 49.4 Å². The second-order valence-electron chi connectivity index (χ2n) is 9.54. The van der Waals surface area contributed by atoms with Gasteiger partial charge in [0.2, 0.25) is 0 Å². The Morgan fingerprint density at radius 1 is 1.14 bits per heavy atom. The van der Waals surface area contributed by atoms with E-state index in [-0.39, 0.29) is 12.6 Å². The topological polar surface area (TPSA) is 95.0 Å². The molecule has 2 aromatic rings. The standard InChI is InChI=1S/C25H28F2N4O4/c26-19-5-4-16(13-20(19)27)21-15-35-24(33)31(21)23(32)29-17-8-12-30(14-17)18-6-9-25(34,10-7-18)22-3-1-2-11-28-22/h1-5,11,13,17-18,21,34H,6-10,12,14-15H2,(H,29,32). The van der Waals surface area contributed by atoms with Crippen molar-refractivity contribution in [3.8, 4) is 0 Å². The summed E-state index contributed by atoms with van der Waals surface area (Å²) in [5.41, 5.74) is 0.0921. The van der Waals surface area contributed by atoms with Crippen LogP contribution in [0, 0.1) is 11.6 Å². The van der Waals surface area contributed by atoms with Crippen molar-refractivity contribution in [2.45, 2.75) is 55.8 Å². The largest absolute Gasteiger partial charge is 0.446 e. The fourth-order valence-electron chi connectivity index (χ4n) is 5.43. The third-order valence-electron chi connectivity index (χ3n) is 7.41. The fourth-order valence-corrected chi connectivity index (χ4v) is 5.43. The number of urea groups is 1. The minimum atomic E-state index is -1.05. The molecule has 0 radical (unpaired) electrons. The molecule has 8 nitrogen and oxygen atoms in total. The third-order valence-corrected chi connectivity index (χ3v) is 7.41. The predicted molar refractivity (Wildman–Crippen MR) is 121 cm³/mol. The summed E-state index contributed by atoms with van der Waals surface area (Å²) in [5.74, 6) is -2.04. The molecular formula is C25H28F2N4O4. The second-order valence-corrected chi connectivity index (χ2v) is 9.54. The van der Waals surface area contributed by atoms with E-state index in [1.807, 2.05) is 18.2 Å². The fraction of sp³-hybridized carbons (Fsp3) is 0.480. The van der Waals surface area contributed by atoms with E-state index in [0.717, 1.165) is 42.8 Å². The lowest BCUT2D eigenvalue weighted by Gasteiger charge is -2.39. The molecule has 1 saturated carbocycles. The number of imide groups is 1. The number of nitrogens with zero attached hydrogens (tertiary/aromatic N) is 3. The van der Waals surface area contributed by atoms with E-state index in [4.69, 9.17) is 4.74 Å². The monoisotopic (exact) mass is 486 g/mol. The third kappa shape index (κ3) is 4.72. The summed E-state index contributed by atoms with van der Waals surface area (Å²) in [6.45, 7) is 1.32. The Kier molecular flexibility index (Phi) is 6.41. The highest BCUT2D eigenvalue weighted by atomic mass is 19.2. The van der Waals surface area contributed by atoms with E-state index in [2.05, 4.69) is 15.2 Å². The number of nitrogens with one attached hydrogen (secondary N) is 1. The number of cyclic esters (lactones) is 1. The maximum absolute atomic E-state index is 13.7. The van der Waals surface area contributed by atoms with Crippen LogP contribution < -0.4 is 5.32 Å². The molecular weight excluding hydrogens is 458 g/mol. The molecule has 186 valence electrons. The van der Waals surface area contributed by atoms with Crippen molar-refractivity contribution >= 4 is 12.1 Å². The number of benzene rings is 1. The van der Waals surface area contributed by atoms with Crippen LogP contribution in [0.4, 0.5) is 18.4 Å². The summed E-state index contributed by atoms with van der Waals surface area (Å²) in [4.78, 5) is 32.8. The first kappa shape index (κ1) is 23.6. The molecule has 1 aliphatic carbocycles. The van der Waals surface area contributed by atoms with Crippen LogP contribution in [0.25, 0.3) is 0 Å². The van der Waals surface area contributed by atoms with Gasteiger partial charge in [0.25, 0.3) is 0 Å². The molecule has 3 amide bonds. The summed E-state index contributed by atoms with van der Waals surface area (Å²) in [5, 5.41) is 13.9. The van der Waals surface area contributed by atoms with E-state index in [1.165, 1.54) is 6.07 Å². The normalized spacial score (nSPS) is 29.3. The smallest absolute Gasteiger partial charge is 0.418 e. The van der Waals surface area contributed by atoms with Crippen LogP contribution in [-0.2, 0) is 10.3 Å². The molecule has 1 aromatic carbocycles. The van der Waals surface area contributed by atoms with E-state index < -0.39 is 35.4 Å². The zero-order valence-corrected chi connectivity index (χ0v) is 19.2. The van der Waals surface area contributed by atoms with Crippen molar-refractivity contribution in [1.82, 2.24) is 20.1 Å². The highest BCUT2D eigenvalue weighted by molar-refractivity contribution is 5.92. The number of aromatic nitrogens is 1. The van der Waals surface area contributed by atoms with Gasteiger partial charge < -0.3 is 15.2 Å². The van der Waals surface area contributed by atoms with Crippen molar-refractivity contribution in [3.05, 3.63) is 65.5 Å². The van der Waals surface area contributed by atoms with Crippen LogP contribution in [0.5, 0.6) is 0 Å². The molecule has 3 aliphatic rings. The molecule has 10 heteroatoms. The predicted octanol–water partition coefficient (Wildman–Crippen LogP) is 3.47. The molecule has 3 heterocycles. The Balaban J connectivity index is 1.17. The first-order valence-electron chi connectivity index (χ1n) is 11.9. The Morgan fingerprint density at radius 3 is 2.66 bits per heavy atom. The van der Waals surface area contributed by atoms with Crippen molar-refractivity contribution < 1.29 is 28.2 Å². The number of aliphatic hydroxyl groups is 1. The lowest BCUT2D eigenvalue weighted by Crippen LogP contribution is -2.48. The maximum atomic E-state index is 13.7. The van der Waals surface area contributed by atoms with E-state index in [0.29, 0.717) is 36.7 Å². The van der Waals surface area contributed by atoms with Gasteiger partial charge in [-0.3, -0.25) is 9.88 Å². The molecule has 2 saturated heterocycles. The first-order valence-corrected chi connectivity index (χ1v) is 11.9. The molecule has 1 aromatic heterocycles. The number of carbonyl (C=O) groups is 2. The number of likely N-dealkylation sites (tertiary alicyclic amines) is 1. The molecule has 2 atom stereocenters. The number of halogens is 2. The molecule has 0 spiro atoms. The van der Waals surface area contributed by atoms with Crippen molar-refractivity contribution in [2.24, 2.45) is 0 Å². The molecule has 2 N–H and O–H groups in total. The van der Waals surface area contributed by atoms with Gasteiger partial charge in [-0.15, -0.1) is 0 Å². The SMILES string of the molecule is O=C(NC1CCN(C2CCC(O)(c3ccccn3)CC2)C1)N1C(=O)OCC1c1ccc(F)c(F)c1. The summed E-state index contributed by atoms with van der Waals surface area (Å²) < 4.78 is 32.1. The Hall–Kier alpha value is -3.11. The summed E-state index contributed by atoms with van der Waals surface area (Å²) >= 11 is 0. The number of carbonyl (C=O) groups excluding carboxylic acids is 2. The summed E-state index contributed by atoms with van der Waals surface area (Å²) in [6, 6.07) is 7.58. The van der Waals surface area contributed by atoms with E-state index >= 15 is 0 Å². The number of hydrogen-bond donors (Lipinski definition) is 2. The molecule has 35 heavy (non-hydrogen) atoms. The summed E-state index contributed by atoms with van der Waals surface area (Å²) in [6.07, 6.45) is 4.50. The lowest BCUT2D eigenvalue weighted by molar-refractivity contribution is -0.0257. The van der Waals surface area contributed by atoms with Gasteiger partial charge in [-0.05, 0) is 61.9 Å². The Labute approximate surface area is 201 Å². The van der Waals surface area contributed by atoms with Gasteiger partial charge in [-0.25, -0.2) is 23.3 Å². The average Bonchev–Trinajstić information content (AvgIpc) is 3.48. The van der Waals surface area contributed by atoms with Gasteiger partial charge in [0.15, 0.2) is 11.6 Å². The zero-order chi connectivity index (χ0) is 24.6. The quantitative estimate of drug-likeness (QED) is 0.687. The number of amides is 3. The first-order chi connectivity index (χ1) is 16.8. The van der Waals surface area contributed by atoms with Crippen LogP contribution in [0.15, 0.2) is 42.6 Å². The lowest BCUT2D eigenvalue weighted by atomic mass is 9.79. The molecule has 5 rings (SSSR count). The van der Waals surface area contributed by atoms with Gasteiger partial charge in [0.05, 0.1) is 5.69 Å². The highest BCUT2D eigenvalue weighted by Gasteiger charge is 2.42. The van der Waals surface area contributed by atoms with Crippen molar-refractivity contribution in [2.75, 3.05) is 19.7 Å². The van der Waals surface area contributed by atoms with Crippen LogP contribution in [-0.4, -0.2) is 63.8 Å². The maximum Gasteiger partial charge on any atom is 0.418 e. The van der Waals surface area contributed by atoms with Gasteiger partial charge in [0.1, 0.15) is 18.2 Å². The number of rotatable bonds is 4. The van der Waals surface area contributed by atoms with Crippen LogP contribution >= 0.6 is 0 Å². The molecule has 3 fully saturated rings. The van der Waals surface area contributed by atoms with Crippen molar-refractivity contribution in [3.63, 3.8) is 0 Å². The summed E-state index contributed by atoms with van der Waals surface area (Å²) in [7, 11) is 0. The minimum absolute atomic E-state index is 0.116. The number of pyridine rings is 1. The van der Waals surface area contributed by atoms with Gasteiger partial charge in [-0.2, -0.15) is 0 Å². The van der Waals surface area contributed by atoms with Crippen LogP contribution in [0.3, 0.4) is 0 Å². The zero-order valence-electron chi connectivity index (χ0n) is 19.2. The van der Waals surface area contributed by atoms with Gasteiger partial charge in [0, 0.05) is 31.4 Å². The van der Waals surface area contributed by atoms with Crippen molar-refractivity contribution in [1.29, 1.82) is 0 Å². The van der Waals surface area contributed by atoms with Crippen LogP contribution in [0.2, 0.25) is 0 Å². The Bertz CT molecular complexity index is 1090. The highest BCUT2D eigenvalue weighted by Crippen LogP contribution is 2.38. The molecule has 0 bridgehead atoms. The van der Waals surface area contributed by atoms with E-state index in [1.54, 1.807) is 6.20 Å². The van der Waals surface area contributed by atoms with Gasteiger partial charge in [-0.1, -0.05) is 12.1 Å². The molecule has 2 aliphatic heterocycles. The number of hydrogen-bond acceptors (Lipinski definition) is 6. The van der Waals surface area contributed by atoms with Gasteiger partial charge >= 0.3 is 12.1 Å². The second kappa shape index (κ2) is 9.50. The Morgan fingerprint density at radius 2 is 1.94 bits per heavy atom. The number of ether oxygens (including phenoxy) is 1. The van der Waals surface area contributed by atoms with E-state index in [9.17, 15) is 23.5 Å². The molecule has 2 unspecified atom stereocenters. The minimum Gasteiger partial charge on any atom is -0.446 e.